The predicted octanol–water partition coefficient (Wildman–Crippen LogP) is 2.76. The van der Waals surface area contributed by atoms with Crippen molar-refractivity contribution < 1.29 is 9.50 Å². The lowest BCUT2D eigenvalue weighted by Crippen LogP contribution is -1.93. The van der Waals surface area contributed by atoms with Gasteiger partial charge in [-0.2, -0.15) is 5.10 Å². The van der Waals surface area contributed by atoms with Gasteiger partial charge in [-0.3, -0.25) is 5.43 Å². The Bertz CT molecular complexity index is 344. The number of nitrogens with one attached hydrogen (secondary N) is 1. The van der Waals surface area contributed by atoms with Gasteiger partial charge < -0.3 is 5.11 Å². The summed E-state index contributed by atoms with van der Waals surface area (Å²) < 4.78 is 13.9. The van der Waals surface area contributed by atoms with Gasteiger partial charge in [0.2, 0.25) is 0 Å². The van der Waals surface area contributed by atoms with Gasteiger partial charge in [-0.25, -0.2) is 4.39 Å². The summed E-state index contributed by atoms with van der Waals surface area (Å²) in [6, 6.07) is 4.59. The quantitative estimate of drug-likeness (QED) is 0.493. The van der Waals surface area contributed by atoms with E-state index in [1.807, 2.05) is 0 Å². The minimum Gasteiger partial charge on any atom is -0.396 e. The van der Waals surface area contributed by atoms with Gasteiger partial charge in [-0.1, -0.05) is 15.9 Å². The van der Waals surface area contributed by atoms with Crippen molar-refractivity contribution in [2.75, 3.05) is 12.0 Å². The van der Waals surface area contributed by atoms with Crippen molar-refractivity contribution in [1.29, 1.82) is 0 Å². The number of aliphatic hydroxyl groups is 1. The SMILES string of the molecule is OCCC/C=N\Nc1cc(Br)ccc1F. The fraction of sp³-hybridized carbons (Fsp3) is 0.300. The summed E-state index contributed by atoms with van der Waals surface area (Å²) in [6.45, 7) is 0.136. The maximum Gasteiger partial charge on any atom is 0.148 e. The molecule has 0 saturated heterocycles. The van der Waals surface area contributed by atoms with Crippen LogP contribution in [0.15, 0.2) is 27.8 Å². The number of rotatable bonds is 5. The van der Waals surface area contributed by atoms with Crippen molar-refractivity contribution in [3.63, 3.8) is 0 Å². The van der Waals surface area contributed by atoms with E-state index in [9.17, 15) is 4.39 Å². The molecule has 5 heteroatoms. The van der Waals surface area contributed by atoms with Crippen LogP contribution in [0.25, 0.3) is 0 Å². The van der Waals surface area contributed by atoms with E-state index in [1.54, 1.807) is 18.3 Å². The average molecular weight is 275 g/mol. The first-order chi connectivity index (χ1) is 7.24. The van der Waals surface area contributed by atoms with Crippen molar-refractivity contribution in [2.45, 2.75) is 12.8 Å². The second-order valence-electron chi connectivity index (χ2n) is 2.91. The summed E-state index contributed by atoms with van der Waals surface area (Å²) >= 11 is 3.24. The number of unbranched alkanes of at least 4 members (excludes halogenated alkanes) is 1. The van der Waals surface area contributed by atoms with E-state index in [0.717, 1.165) is 4.47 Å². The summed E-state index contributed by atoms with van der Waals surface area (Å²) in [5, 5.41) is 12.3. The number of halogens is 2. The molecule has 0 spiro atoms. The maximum absolute atomic E-state index is 13.1. The van der Waals surface area contributed by atoms with E-state index in [0.29, 0.717) is 18.5 Å². The van der Waals surface area contributed by atoms with Gasteiger partial charge in [0.15, 0.2) is 0 Å². The van der Waals surface area contributed by atoms with Gasteiger partial charge in [-0.15, -0.1) is 0 Å². The van der Waals surface area contributed by atoms with Gasteiger partial charge in [0.05, 0.1) is 5.69 Å². The highest BCUT2D eigenvalue weighted by atomic mass is 79.9. The Kier molecular flexibility index (Phi) is 5.28. The molecule has 0 radical (unpaired) electrons. The Labute approximate surface area is 96.1 Å². The van der Waals surface area contributed by atoms with Crippen LogP contribution in [0.1, 0.15) is 12.8 Å². The van der Waals surface area contributed by atoms with Crippen LogP contribution >= 0.6 is 15.9 Å². The maximum atomic E-state index is 13.1. The van der Waals surface area contributed by atoms with Crippen molar-refractivity contribution in [3.05, 3.63) is 28.5 Å². The van der Waals surface area contributed by atoms with Crippen LogP contribution in [-0.2, 0) is 0 Å². The molecule has 0 amide bonds. The highest BCUT2D eigenvalue weighted by Gasteiger charge is 1.99. The minimum absolute atomic E-state index is 0.136. The van der Waals surface area contributed by atoms with Crippen molar-refractivity contribution in [1.82, 2.24) is 0 Å². The molecule has 0 saturated carbocycles. The fourth-order valence-electron chi connectivity index (χ4n) is 0.945. The largest absolute Gasteiger partial charge is 0.396 e. The van der Waals surface area contributed by atoms with Gasteiger partial charge in [0.25, 0.3) is 0 Å². The topological polar surface area (TPSA) is 44.6 Å². The molecular formula is C10H12BrFN2O. The summed E-state index contributed by atoms with van der Waals surface area (Å²) in [5.74, 6) is -0.350. The van der Waals surface area contributed by atoms with E-state index in [2.05, 4.69) is 26.5 Å². The van der Waals surface area contributed by atoms with Crippen LogP contribution < -0.4 is 5.43 Å². The first-order valence-corrected chi connectivity index (χ1v) is 5.37. The number of hydrogen-bond donors (Lipinski definition) is 2. The molecule has 3 nitrogen and oxygen atoms in total. The lowest BCUT2D eigenvalue weighted by Gasteiger charge is -2.02. The standard InChI is InChI=1S/C10H12BrFN2O/c11-8-3-4-9(12)10(7-8)14-13-5-1-2-6-15/h3-5,7,14-15H,1-2,6H2/b13-5-. The molecule has 0 aliphatic rings. The number of anilines is 1. The first-order valence-electron chi connectivity index (χ1n) is 4.57. The summed E-state index contributed by atoms with van der Waals surface area (Å²) in [5.41, 5.74) is 2.92. The first kappa shape index (κ1) is 12.1. The van der Waals surface area contributed by atoms with Crippen LogP contribution in [-0.4, -0.2) is 17.9 Å². The Hall–Kier alpha value is -0.940. The Balaban J connectivity index is 2.49. The molecule has 1 rings (SSSR count). The van der Waals surface area contributed by atoms with E-state index < -0.39 is 0 Å². The zero-order chi connectivity index (χ0) is 11.1. The van der Waals surface area contributed by atoms with Crippen molar-refractivity contribution >= 4 is 27.8 Å². The molecule has 15 heavy (non-hydrogen) atoms. The van der Waals surface area contributed by atoms with Crippen LogP contribution in [0, 0.1) is 5.82 Å². The second kappa shape index (κ2) is 6.53. The third-order valence-electron chi connectivity index (χ3n) is 1.70. The average Bonchev–Trinajstić information content (AvgIpc) is 2.23. The third kappa shape index (κ3) is 4.40. The normalized spacial score (nSPS) is 10.9. The molecule has 0 atom stereocenters. The molecule has 0 aromatic heterocycles. The van der Waals surface area contributed by atoms with Gasteiger partial charge in [0, 0.05) is 17.3 Å². The summed E-state index contributed by atoms with van der Waals surface area (Å²) in [7, 11) is 0. The van der Waals surface area contributed by atoms with E-state index in [-0.39, 0.29) is 12.4 Å². The van der Waals surface area contributed by atoms with E-state index in [1.165, 1.54) is 6.07 Å². The lowest BCUT2D eigenvalue weighted by atomic mass is 10.3. The zero-order valence-electron chi connectivity index (χ0n) is 8.08. The number of hydrogen-bond acceptors (Lipinski definition) is 3. The lowest BCUT2D eigenvalue weighted by molar-refractivity contribution is 0.291. The molecule has 0 bridgehead atoms. The zero-order valence-corrected chi connectivity index (χ0v) is 9.67. The Morgan fingerprint density at radius 3 is 3.07 bits per heavy atom. The molecule has 0 aliphatic carbocycles. The van der Waals surface area contributed by atoms with E-state index in [4.69, 9.17) is 5.11 Å². The summed E-state index contributed by atoms with van der Waals surface area (Å²) in [6.07, 6.45) is 2.93. The van der Waals surface area contributed by atoms with Crippen molar-refractivity contribution in [3.8, 4) is 0 Å². The molecule has 0 unspecified atom stereocenters. The van der Waals surface area contributed by atoms with Gasteiger partial charge in [-0.05, 0) is 31.0 Å². The highest BCUT2D eigenvalue weighted by molar-refractivity contribution is 9.10. The van der Waals surface area contributed by atoms with Crippen LogP contribution in [0.3, 0.4) is 0 Å². The third-order valence-corrected chi connectivity index (χ3v) is 2.19. The monoisotopic (exact) mass is 274 g/mol. The smallest absolute Gasteiger partial charge is 0.148 e. The Morgan fingerprint density at radius 1 is 1.53 bits per heavy atom. The molecule has 82 valence electrons. The van der Waals surface area contributed by atoms with Crippen LogP contribution in [0.4, 0.5) is 10.1 Å². The fourth-order valence-corrected chi connectivity index (χ4v) is 1.31. The Morgan fingerprint density at radius 2 is 2.33 bits per heavy atom. The van der Waals surface area contributed by atoms with Crippen molar-refractivity contribution in [2.24, 2.45) is 5.10 Å². The minimum atomic E-state index is -0.350. The van der Waals surface area contributed by atoms with Crippen LogP contribution in [0.2, 0.25) is 0 Å². The van der Waals surface area contributed by atoms with Gasteiger partial charge in [0.1, 0.15) is 5.82 Å². The molecular weight excluding hydrogens is 263 g/mol. The molecule has 1 aromatic carbocycles. The second-order valence-corrected chi connectivity index (χ2v) is 3.83. The molecule has 0 aliphatic heterocycles. The van der Waals surface area contributed by atoms with E-state index >= 15 is 0 Å². The number of benzene rings is 1. The van der Waals surface area contributed by atoms with Gasteiger partial charge >= 0.3 is 0 Å². The molecule has 2 N–H and O–H groups in total. The number of hydrazone groups is 1. The number of nitrogens with zero attached hydrogens (tertiary/aromatic N) is 1. The highest BCUT2D eigenvalue weighted by Crippen LogP contribution is 2.19. The molecule has 0 heterocycles. The summed E-state index contributed by atoms with van der Waals surface area (Å²) in [4.78, 5) is 0. The predicted molar refractivity (Wildman–Crippen MR) is 62.5 cm³/mol. The van der Waals surface area contributed by atoms with Crippen LogP contribution in [0.5, 0.6) is 0 Å². The number of aliphatic hydroxyl groups excluding tert-OH is 1. The molecule has 1 aromatic rings. The molecule has 0 fully saturated rings.